The molecule has 0 spiro atoms. The van der Waals surface area contributed by atoms with Gasteiger partial charge in [-0.25, -0.2) is 0 Å². The molecule has 2 fully saturated rings. The van der Waals surface area contributed by atoms with E-state index < -0.39 is 0 Å². The van der Waals surface area contributed by atoms with Crippen molar-refractivity contribution in [2.75, 3.05) is 11.6 Å². The lowest BCUT2D eigenvalue weighted by Gasteiger charge is -2.29. The van der Waals surface area contributed by atoms with E-state index in [0.29, 0.717) is 24.2 Å². The minimum absolute atomic E-state index is 0.0687. The number of amides is 2. The van der Waals surface area contributed by atoms with Crippen LogP contribution in [0.3, 0.4) is 0 Å². The van der Waals surface area contributed by atoms with Crippen molar-refractivity contribution in [3.8, 4) is 0 Å². The summed E-state index contributed by atoms with van der Waals surface area (Å²) in [4.78, 5) is 32.9. The lowest BCUT2D eigenvalue weighted by atomic mass is 10.2. The smallest absolute Gasteiger partial charge is 0.247 e. The molecule has 0 bridgehead atoms. The molecule has 1 saturated heterocycles. The standard InChI is InChI=1S/C17H21N3O2S/c1-2-4-16(21)20-12-23-11-15(20)17(22)19(14-6-7-14)10-13-5-3-8-18-9-13/h2-5,8-9,14-15H,6-7,10-12H2,1H3/b4-2-/t15-/m0/s1. The number of carbonyl (C=O) groups is 2. The number of nitrogens with zero attached hydrogens (tertiary/aromatic N) is 3. The van der Waals surface area contributed by atoms with Crippen LogP contribution in [0.15, 0.2) is 36.7 Å². The number of hydrogen-bond donors (Lipinski definition) is 0. The van der Waals surface area contributed by atoms with Crippen LogP contribution in [0.4, 0.5) is 0 Å². The molecule has 1 aliphatic carbocycles. The largest absolute Gasteiger partial charge is 0.334 e. The molecule has 0 radical (unpaired) electrons. The third-order valence-corrected chi connectivity index (χ3v) is 5.12. The number of allylic oxidation sites excluding steroid dienone is 1. The first-order valence-electron chi connectivity index (χ1n) is 7.91. The predicted molar refractivity (Wildman–Crippen MR) is 90.6 cm³/mol. The van der Waals surface area contributed by atoms with Crippen LogP contribution in [0.1, 0.15) is 25.3 Å². The molecule has 6 heteroatoms. The van der Waals surface area contributed by atoms with E-state index in [1.54, 1.807) is 35.1 Å². The van der Waals surface area contributed by atoms with E-state index in [2.05, 4.69) is 4.98 Å². The van der Waals surface area contributed by atoms with Crippen molar-refractivity contribution in [3.63, 3.8) is 0 Å². The molecule has 2 heterocycles. The van der Waals surface area contributed by atoms with Gasteiger partial charge in [0.05, 0.1) is 5.88 Å². The second-order valence-corrected chi connectivity index (χ2v) is 6.88. The number of pyridine rings is 1. The third-order valence-electron chi connectivity index (χ3n) is 4.11. The van der Waals surface area contributed by atoms with Crippen molar-refractivity contribution in [1.29, 1.82) is 0 Å². The molecule has 1 saturated carbocycles. The highest BCUT2D eigenvalue weighted by Gasteiger charge is 2.41. The summed E-state index contributed by atoms with van der Waals surface area (Å²) in [6.07, 6.45) is 8.89. The second kappa shape index (κ2) is 7.17. The van der Waals surface area contributed by atoms with Gasteiger partial charge in [-0.05, 0) is 37.5 Å². The predicted octanol–water partition coefficient (Wildman–Crippen LogP) is 2.05. The topological polar surface area (TPSA) is 53.5 Å². The summed E-state index contributed by atoms with van der Waals surface area (Å²) in [5.41, 5.74) is 1.03. The number of aromatic nitrogens is 1. The van der Waals surface area contributed by atoms with Gasteiger partial charge in [-0.2, -0.15) is 0 Å². The fourth-order valence-corrected chi connectivity index (χ4v) is 3.91. The van der Waals surface area contributed by atoms with Crippen molar-refractivity contribution in [2.24, 2.45) is 0 Å². The average Bonchev–Trinajstić information content (AvgIpc) is 3.28. The van der Waals surface area contributed by atoms with E-state index in [9.17, 15) is 9.59 Å². The summed E-state index contributed by atoms with van der Waals surface area (Å²) in [7, 11) is 0. The van der Waals surface area contributed by atoms with Crippen molar-refractivity contribution in [2.45, 2.75) is 38.4 Å². The first kappa shape index (κ1) is 16.1. The van der Waals surface area contributed by atoms with Crippen LogP contribution >= 0.6 is 11.8 Å². The molecule has 1 atom stereocenters. The van der Waals surface area contributed by atoms with Crippen LogP contribution in [0.5, 0.6) is 0 Å². The van der Waals surface area contributed by atoms with Gasteiger partial charge in [0, 0.05) is 30.7 Å². The molecule has 23 heavy (non-hydrogen) atoms. The summed E-state index contributed by atoms with van der Waals surface area (Å²) in [5, 5.41) is 0. The zero-order chi connectivity index (χ0) is 16.2. The van der Waals surface area contributed by atoms with E-state index in [4.69, 9.17) is 0 Å². The molecule has 3 rings (SSSR count). The molecule has 1 aromatic heterocycles. The van der Waals surface area contributed by atoms with Crippen LogP contribution in [-0.2, 0) is 16.1 Å². The molecule has 2 aliphatic rings. The summed E-state index contributed by atoms with van der Waals surface area (Å²) in [6.45, 7) is 2.39. The Bertz CT molecular complexity index is 601. The van der Waals surface area contributed by atoms with Crippen LogP contribution in [-0.4, -0.2) is 50.3 Å². The Morgan fingerprint density at radius 2 is 2.30 bits per heavy atom. The molecular formula is C17H21N3O2S. The van der Waals surface area contributed by atoms with Crippen LogP contribution < -0.4 is 0 Å². The summed E-state index contributed by atoms with van der Waals surface area (Å²) in [5.74, 6) is 1.26. The Morgan fingerprint density at radius 1 is 1.48 bits per heavy atom. The lowest BCUT2D eigenvalue weighted by Crippen LogP contribution is -2.49. The van der Waals surface area contributed by atoms with Gasteiger partial charge >= 0.3 is 0 Å². The van der Waals surface area contributed by atoms with Gasteiger partial charge < -0.3 is 9.80 Å². The Hall–Kier alpha value is -1.82. The van der Waals surface area contributed by atoms with Gasteiger partial charge in [-0.15, -0.1) is 11.8 Å². The minimum atomic E-state index is -0.346. The SMILES string of the molecule is C/C=C\C(=O)N1CSC[C@H]1C(=O)N(Cc1cccnc1)C1CC1. The fraction of sp³-hybridized carbons (Fsp3) is 0.471. The maximum atomic E-state index is 13.0. The van der Waals surface area contributed by atoms with Crippen molar-refractivity contribution in [3.05, 3.63) is 42.2 Å². The highest BCUT2D eigenvalue weighted by Crippen LogP contribution is 2.31. The fourth-order valence-electron chi connectivity index (χ4n) is 2.76. The number of hydrogen-bond acceptors (Lipinski definition) is 4. The minimum Gasteiger partial charge on any atom is -0.334 e. The number of thioether (sulfide) groups is 1. The normalized spacial score (nSPS) is 20.9. The van der Waals surface area contributed by atoms with E-state index in [1.165, 1.54) is 6.08 Å². The zero-order valence-corrected chi connectivity index (χ0v) is 14.0. The van der Waals surface area contributed by atoms with Crippen molar-refractivity contribution < 1.29 is 9.59 Å². The van der Waals surface area contributed by atoms with Gasteiger partial charge in [-0.3, -0.25) is 14.6 Å². The van der Waals surface area contributed by atoms with E-state index in [-0.39, 0.29) is 17.9 Å². The van der Waals surface area contributed by atoms with E-state index >= 15 is 0 Å². The summed E-state index contributed by atoms with van der Waals surface area (Å²) in [6, 6.07) is 3.84. The first-order valence-corrected chi connectivity index (χ1v) is 9.06. The first-order chi connectivity index (χ1) is 11.2. The summed E-state index contributed by atoms with van der Waals surface area (Å²) >= 11 is 1.64. The molecule has 122 valence electrons. The van der Waals surface area contributed by atoms with Gasteiger partial charge in [0.1, 0.15) is 6.04 Å². The van der Waals surface area contributed by atoms with Crippen LogP contribution in [0.25, 0.3) is 0 Å². The molecule has 5 nitrogen and oxygen atoms in total. The Morgan fingerprint density at radius 3 is 2.96 bits per heavy atom. The van der Waals surface area contributed by atoms with E-state index in [1.807, 2.05) is 24.0 Å². The number of rotatable bonds is 5. The van der Waals surface area contributed by atoms with Gasteiger partial charge in [0.25, 0.3) is 0 Å². The third kappa shape index (κ3) is 3.75. The molecule has 0 N–H and O–H groups in total. The highest BCUT2D eigenvalue weighted by molar-refractivity contribution is 7.99. The summed E-state index contributed by atoms with van der Waals surface area (Å²) < 4.78 is 0. The van der Waals surface area contributed by atoms with Crippen molar-refractivity contribution in [1.82, 2.24) is 14.8 Å². The molecule has 1 aromatic rings. The molecule has 0 unspecified atom stereocenters. The van der Waals surface area contributed by atoms with Crippen LogP contribution in [0, 0.1) is 0 Å². The van der Waals surface area contributed by atoms with Gasteiger partial charge in [0.2, 0.25) is 11.8 Å². The van der Waals surface area contributed by atoms with Crippen LogP contribution in [0.2, 0.25) is 0 Å². The Kier molecular flexibility index (Phi) is 5.00. The Labute approximate surface area is 140 Å². The molecular weight excluding hydrogens is 310 g/mol. The number of carbonyl (C=O) groups excluding carboxylic acids is 2. The quantitative estimate of drug-likeness (QED) is 0.775. The molecule has 2 amide bonds. The maximum absolute atomic E-state index is 13.0. The lowest BCUT2D eigenvalue weighted by molar-refractivity contribution is -0.142. The highest BCUT2D eigenvalue weighted by atomic mass is 32.2. The average molecular weight is 331 g/mol. The molecule has 1 aliphatic heterocycles. The second-order valence-electron chi connectivity index (χ2n) is 5.88. The zero-order valence-electron chi connectivity index (χ0n) is 13.2. The Balaban J connectivity index is 1.74. The van der Waals surface area contributed by atoms with Crippen molar-refractivity contribution >= 4 is 23.6 Å². The van der Waals surface area contributed by atoms with E-state index in [0.717, 1.165) is 18.4 Å². The molecule has 0 aromatic carbocycles. The van der Waals surface area contributed by atoms with Gasteiger partial charge in [-0.1, -0.05) is 12.1 Å². The van der Waals surface area contributed by atoms with Gasteiger partial charge in [0.15, 0.2) is 0 Å². The maximum Gasteiger partial charge on any atom is 0.247 e. The monoisotopic (exact) mass is 331 g/mol.